The van der Waals surface area contributed by atoms with Crippen LogP contribution in [0.15, 0.2) is 40.1 Å². The van der Waals surface area contributed by atoms with Gasteiger partial charge in [-0.3, -0.25) is 0 Å². The number of hydrogen-bond acceptors (Lipinski definition) is 3. The van der Waals surface area contributed by atoms with Gasteiger partial charge in [0.2, 0.25) is 0 Å². The molecule has 6 heteroatoms. The second kappa shape index (κ2) is 5.77. The van der Waals surface area contributed by atoms with Crippen molar-refractivity contribution in [1.29, 1.82) is 0 Å². The summed E-state index contributed by atoms with van der Waals surface area (Å²) in [5.74, 6) is 0.503. The van der Waals surface area contributed by atoms with Gasteiger partial charge in [-0.25, -0.2) is 4.98 Å². The lowest BCUT2D eigenvalue weighted by atomic mass is 10.0. The van der Waals surface area contributed by atoms with E-state index >= 15 is 0 Å². The zero-order valence-electron chi connectivity index (χ0n) is 12.7. The van der Waals surface area contributed by atoms with Crippen molar-refractivity contribution in [2.45, 2.75) is 31.9 Å². The van der Waals surface area contributed by atoms with E-state index in [1.807, 2.05) is 5.38 Å². The Morgan fingerprint density at radius 2 is 2.00 bits per heavy atom. The lowest BCUT2D eigenvalue weighted by Gasteiger charge is -2.09. The minimum absolute atomic E-state index is 0.228. The minimum atomic E-state index is -4.37. The summed E-state index contributed by atoms with van der Waals surface area (Å²) in [7, 11) is 0. The average molecular weight is 349 g/mol. The van der Waals surface area contributed by atoms with Gasteiger partial charge in [0.25, 0.3) is 0 Å². The molecule has 0 atom stereocenters. The molecule has 124 valence electrons. The number of furan rings is 1. The molecule has 0 fully saturated rings. The number of benzene rings is 1. The molecule has 3 aromatic rings. The van der Waals surface area contributed by atoms with Crippen LogP contribution in [0.3, 0.4) is 0 Å². The summed E-state index contributed by atoms with van der Waals surface area (Å²) in [6, 6.07) is 5.28. The van der Waals surface area contributed by atoms with E-state index in [1.54, 1.807) is 17.4 Å². The van der Waals surface area contributed by atoms with Crippen LogP contribution >= 0.6 is 11.3 Å². The molecule has 4 rings (SSSR count). The average Bonchev–Trinajstić information content (AvgIpc) is 3.21. The quantitative estimate of drug-likeness (QED) is 0.525. The summed E-state index contributed by atoms with van der Waals surface area (Å²) in [6.45, 7) is 0. The fourth-order valence-electron chi connectivity index (χ4n) is 2.90. The second-order valence-electron chi connectivity index (χ2n) is 5.87. The van der Waals surface area contributed by atoms with Crippen LogP contribution < -0.4 is 0 Å². The maximum atomic E-state index is 12.8. The molecular weight excluding hydrogens is 335 g/mol. The second-order valence-corrected chi connectivity index (χ2v) is 6.73. The molecule has 1 aliphatic carbocycles. The smallest absolute Gasteiger partial charge is 0.416 e. The summed E-state index contributed by atoms with van der Waals surface area (Å²) in [5.41, 5.74) is 1.45. The topological polar surface area (TPSA) is 26.0 Å². The molecule has 2 nitrogen and oxygen atoms in total. The van der Waals surface area contributed by atoms with E-state index in [2.05, 4.69) is 11.1 Å². The Labute approximate surface area is 140 Å². The first-order chi connectivity index (χ1) is 11.5. The molecule has 2 aromatic heterocycles. The molecule has 1 aromatic carbocycles. The molecule has 0 unspecified atom stereocenters. The Kier molecular flexibility index (Phi) is 3.72. The summed E-state index contributed by atoms with van der Waals surface area (Å²) < 4.78 is 44.0. The first-order valence-electron chi connectivity index (χ1n) is 7.77. The van der Waals surface area contributed by atoms with Crippen LogP contribution in [0.2, 0.25) is 0 Å². The largest absolute Gasteiger partial charge is 0.454 e. The van der Waals surface area contributed by atoms with Gasteiger partial charge in [-0.2, -0.15) is 13.2 Å². The van der Waals surface area contributed by atoms with Gasteiger partial charge in [0.1, 0.15) is 16.3 Å². The molecule has 0 radical (unpaired) electrons. The zero-order valence-corrected chi connectivity index (χ0v) is 13.5. The van der Waals surface area contributed by atoms with Gasteiger partial charge in [0.05, 0.1) is 5.56 Å². The highest BCUT2D eigenvalue weighted by molar-refractivity contribution is 7.11. The van der Waals surface area contributed by atoms with E-state index in [-0.39, 0.29) is 5.58 Å². The molecule has 0 bridgehead atoms. The fraction of sp³-hybridized carbons (Fsp3) is 0.278. The van der Waals surface area contributed by atoms with Gasteiger partial charge >= 0.3 is 6.18 Å². The number of nitrogens with zero attached hydrogens (tertiary/aromatic N) is 1. The molecule has 0 spiro atoms. The van der Waals surface area contributed by atoms with Gasteiger partial charge in [0, 0.05) is 10.8 Å². The van der Waals surface area contributed by atoms with Crippen LogP contribution in [0, 0.1) is 0 Å². The third-order valence-corrected chi connectivity index (χ3v) is 5.09. The maximum Gasteiger partial charge on any atom is 0.416 e. The van der Waals surface area contributed by atoms with Gasteiger partial charge in [0.15, 0.2) is 5.76 Å². The van der Waals surface area contributed by atoms with Crippen LogP contribution in [-0.4, -0.2) is 4.98 Å². The fourth-order valence-corrected chi connectivity index (χ4v) is 3.78. The highest BCUT2D eigenvalue weighted by atomic mass is 32.1. The van der Waals surface area contributed by atoms with Gasteiger partial charge < -0.3 is 4.42 Å². The summed E-state index contributed by atoms with van der Waals surface area (Å²) >= 11 is 1.55. The third-order valence-electron chi connectivity index (χ3n) is 4.17. The number of aromatic nitrogens is 1. The van der Waals surface area contributed by atoms with Crippen molar-refractivity contribution in [1.82, 2.24) is 4.98 Å². The van der Waals surface area contributed by atoms with Crippen molar-refractivity contribution in [3.8, 4) is 11.5 Å². The Balaban J connectivity index is 1.69. The van der Waals surface area contributed by atoms with Crippen molar-refractivity contribution < 1.29 is 17.6 Å². The van der Waals surface area contributed by atoms with Crippen molar-refractivity contribution in [2.24, 2.45) is 0 Å². The third kappa shape index (κ3) is 2.86. The van der Waals surface area contributed by atoms with Crippen LogP contribution in [-0.2, 0) is 6.18 Å². The van der Waals surface area contributed by atoms with Crippen LogP contribution in [0.5, 0.6) is 0 Å². The molecule has 2 heterocycles. The highest BCUT2D eigenvalue weighted by Gasteiger charge is 2.31. The molecule has 0 aliphatic heterocycles. The molecule has 0 N–H and O–H groups in total. The lowest BCUT2D eigenvalue weighted by Crippen LogP contribution is -2.03. The van der Waals surface area contributed by atoms with E-state index in [9.17, 15) is 13.2 Å². The number of thiazole rings is 1. The van der Waals surface area contributed by atoms with Crippen LogP contribution in [0.4, 0.5) is 13.2 Å². The van der Waals surface area contributed by atoms with E-state index in [0.29, 0.717) is 16.8 Å². The van der Waals surface area contributed by atoms with E-state index in [1.165, 1.54) is 24.5 Å². The minimum Gasteiger partial charge on any atom is -0.454 e. The molecule has 0 amide bonds. The molecular formula is C18H14F3NOS. The lowest BCUT2D eigenvalue weighted by molar-refractivity contribution is -0.137. The number of allylic oxidation sites excluding steroid dienone is 2. The van der Waals surface area contributed by atoms with Gasteiger partial charge in [-0.05, 0) is 49.5 Å². The Bertz CT molecular complexity index is 920. The predicted octanol–water partition coefficient (Wildman–Crippen LogP) is 6.53. The number of rotatable bonds is 2. The number of halogens is 3. The van der Waals surface area contributed by atoms with Crippen molar-refractivity contribution in [3.05, 3.63) is 46.3 Å². The standard InChI is InChI=1S/C18H14F3NOS/c19-18(20,21)13-7-6-12-8-16(23-15(12)9-13)14-10-24-17(22-14)11-4-2-1-3-5-11/h4,6-10H,1-3,5H2. The number of alkyl halides is 3. The van der Waals surface area contributed by atoms with E-state index in [4.69, 9.17) is 4.42 Å². The van der Waals surface area contributed by atoms with Gasteiger partial charge in [-0.1, -0.05) is 12.1 Å². The highest BCUT2D eigenvalue weighted by Crippen LogP contribution is 2.36. The molecule has 1 aliphatic rings. The van der Waals surface area contributed by atoms with Crippen LogP contribution in [0.25, 0.3) is 28.0 Å². The van der Waals surface area contributed by atoms with Crippen molar-refractivity contribution in [2.75, 3.05) is 0 Å². The Morgan fingerprint density at radius 3 is 2.75 bits per heavy atom. The maximum absolute atomic E-state index is 12.8. The predicted molar refractivity (Wildman–Crippen MR) is 88.8 cm³/mol. The SMILES string of the molecule is FC(F)(F)c1ccc2cc(-c3csc(C4=CCCCC4)n3)oc2c1. The summed E-state index contributed by atoms with van der Waals surface area (Å²) in [6.07, 6.45) is 2.35. The van der Waals surface area contributed by atoms with E-state index < -0.39 is 11.7 Å². The normalized spacial score (nSPS) is 15.7. The van der Waals surface area contributed by atoms with Gasteiger partial charge in [-0.15, -0.1) is 11.3 Å². The molecule has 0 saturated heterocycles. The zero-order chi connectivity index (χ0) is 16.7. The molecule has 24 heavy (non-hydrogen) atoms. The number of fused-ring (bicyclic) bond motifs is 1. The van der Waals surface area contributed by atoms with Crippen molar-refractivity contribution in [3.63, 3.8) is 0 Å². The first kappa shape index (κ1) is 15.4. The Hall–Kier alpha value is -2.08. The number of hydrogen-bond donors (Lipinski definition) is 0. The van der Waals surface area contributed by atoms with Crippen molar-refractivity contribution >= 4 is 27.9 Å². The Morgan fingerprint density at radius 1 is 1.12 bits per heavy atom. The first-order valence-corrected chi connectivity index (χ1v) is 8.65. The van der Waals surface area contributed by atoms with E-state index in [0.717, 1.165) is 30.0 Å². The van der Waals surface area contributed by atoms with Crippen LogP contribution in [0.1, 0.15) is 36.3 Å². The summed E-state index contributed by atoms with van der Waals surface area (Å²) in [4.78, 5) is 4.60. The monoisotopic (exact) mass is 349 g/mol. The summed E-state index contributed by atoms with van der Waals surface area (Å²) in [5, 5.41) is 3.51. The molecule has 0 saturated carbocycles.